The summed E-state index contributed by atoms with van der Waals surface area (Å²) in [6.07, 6.45) is 6.58. The van der Waals surface area contributed by atoms with Gasteiger partial charge in [0, 0.05) is 13.1 Å². The maximum absolute atomic E-state index is 12.7. The largest absolute Gasteiger partial charge is 0.370 e. The molecule has 0 amide bonds. The predicted octanol–water partition coefficient (Wildman–Crippen LogP) is 4.50. The summed E-state index contributed by atoms with van der Waals surface area (Å²) in [5, 5.41) is 0. The number of nitrogens with one attached hydrogen (secondary N) is 1. The second-order valence-corrected chi connectivity index (χ2v) is 9.16. The molecule has 2 aromatic carbocycles. The maximum Gasteiger partial charge on any atom is 0.261 e. The Morgan fingerprint density at radius 1 is 0.846 bits per heavy atom. The van der Waals surface area contributed by atoms with Gasteiger partial charge in [-0.15, -0.1) is 0 Å². The topological polar surface area (TPSA) is 49.4 Å². The van der Waals surface area contributed by atoms with Crippen molar-refractivity contribution in [2.45, 2.75) is 37.0 Å². The fourth-order valence-electron chi connectivity index (χ4n) is 4.46. The molecule has 1 aliphatic heterocycles. The van der Waals surface area contributed by atoms with Gasteiger partial charge in [-0.25, -0.2) is 8.42 Å². The maximum atomic E-state index is 12.7. The standard InChI is InChI=1S/C21H26N2O2S/c24-26(25,19-10-2-1-3-11-19)22-20-12-6-7-13-21(20)23-15-14-17-8-4-5-9-18(17)16-23/h1-3,6-7,10-13,17-18,22H,4-5,8-9,14-16H2/t17-,18-/m1/s1. The van der Waals surface area contributed by atoms with E-state index in [0.29, 0.717) is 10.6 Å². The average Bonchev–Trinajstić information content (AvgIpc) is 2.68. The van der Waals surface area contributed by atoms with Crippen molar-refractivity contribution in [3.05, 3.63) is 54.6 Å². The molecule has 1 saturated heterocycles. The van der Waals surface area contributed by atoms with Gasteiger partial charge < -0.3 is 4.90 Å². The fourth-order valence-corrected chi connectivity index (χ4v) is 5.55. The van der Waals surface area contributed by atoms with E-state index in [-0.39, 0.29) is 0 Å². The first-order valence-electron chi connectivity index (χ1n) is 9.55. The molecule has 5 heteroatoms. The molecule has 0 bridgehead atoms. The highest BCUT2D eigenvalue weighted by molar-refractivity contribution is 7.92. The minimum Gasteiger partial charge on any atom is -0.370 e. The lowest BCUT2D eigenvalue weighted by Gasteiger charge is -2.42. The summed E-state index contributed by atoms with van der Waals surface area (Å²) < 4.78 is 28.3. The summed E-state index contributed by atoms with van der Waals surface area (Å²) >= 11 is 0. The monoisotopic (exact) mass is 370 g/mol. The molecule has 0 radical (unpaired) electrons. The number of hydrogen-bond donors (Lipinski definition) is 1. The number of para-hydroxylation sites is 2. The van der Waals surface area contributed by atoms with Gasteiger partial charge in [-0.05, 0) is 48.9 Å². The molecule has 1 aliphatic carbocycles. The fraction of sp³-hybridized carbons (Fsp3) is 0.429. The van der Waals surface area contributed by atoms with E-state index in [4.69, 9.17) is 0 Å². The van der Waals surface area contributed by atoms with Crippen LogP contribution < -0.4 is 9.62 Å². The second kappa shape index (κ2) is 7.31. The highest BCUT2D eigenvalue weighted by Gasteiger charge is 2.32. The Hall–Kier alpha value is -2.01. The van der Waals surface area contributed by atoms with E-state index >= 15 is 0 Å². The third-order valence-electron chi connectivity index (χ3n) is 5.83. The second-order valence-electron chi connectivity index (χ2n) is 7.48. The molecule has 1 heterocycles. The van der Waals surface area contributed by atoms with E-state index in [2.05, 4.69) is 9.62 Å². The molecule has 2 aliphatic rings. The summed E-state index contributed by atoms with van der Waals surface area (Å²) in [7, 11) is -3.57. The van der Waals surface area contributed by atoms with E-state index in [9.17, 15) is 8.42 Å². The molecule has 0 spiro atoms. The van der Waals surface area contributed by atoms with Crippen molar-refractivity contribution >= 4 is 21.4 Å². The van der Waals surface area contributed by atoms with E-state index in [0.717, 1.165) is 30.6 Å². The highest BCUT2D eigenvalue weighted by Crippen LogP contribution is 2.39. The minimum atomic E-state index is -3.57. The summed E-state index contributed by atoms with van der Waals surface area (Å²) in [5.74, 6) is 1.60. The summed E-state index contributed by atoms with van der Waals surface area (Å²) in [4.78, 5) is 2.66. The molecule has 138 valence electrons. The van der Waals surface area contributed by atoms with Crippen molar-refractivity contribution in [3.63, 3.8) is 0 Å². The van der Waals surface area contributed by atoms with Crippen LogP contribution in [-0.4, -0.2) is 21.5 Å². The molecule has 0 aromatic heterocycles. The smallest absolute Gasteiger partial charge is 0.261 e. The Morgan fingerprint density at radius 2 is 1.54 bits per heavy atom. The molecule has 1 saturated carbocycles. The molecular weight excluding hydrogens is 344 g/mol. The first-order chi connectivity index (χ1) is 12.6. The number of anilines is 2. The van der Waals surface area contributed by atoms with Crippen LogP contribution in [0.25, 0.3) is 0 Å². The zero-order valence-corrected chi connectivity index (χ0v) is 15.8. The summed E-state index contributed by atoms with van der Waals surface area (Å²) in [5.41, 5.74) is 1.67. The van der Waals surface area contributed by atoms with Crippen LogP contribution >= 0.6 is 0 Å². The lowest BCUT2D eigenvalue weighted by Crippen LogP contribution is -2.42. The molecule has 2 fully saturated rings. The third-order valence-corrected chi connectivity index (χ3v) is 7.22. The number of rotatable bonds is 4. The van der Waals surface area contributed by atoms with E-state index in [1.165, 1.54) is 32.1 Å². The Bertz CT molecular complexity index is 851. The van der Waals surface area contributed by atoms with Crippen LogP contribution in [0, 0.1) is 11.8 Å². The van der Waals surface area contributed by atoms with Crippen LogP contribution in [0.4, 0.5) is 11.4 Å². The van der Waals surface area contributed by atoms with Gasteiger partial charge in [-0.2, -0.15) is 0 Å². The summed E-state index contributed by atoms with van der Waals surface area (Å²) in [6, 6.07) is 16.3. The Kier molecular flexibility index (Phi) is 4.90. The van der Waals surface area contributed by atoms with Gasteiger partial charge in [0.25, 0.3) is 10.0 Å². The lowest BCUT2D eigenvalue weighted by atomic mass is 9.75. The van der Waals surface area contributed by atoms with Crippen LogP contribution in [0.15, 0.2) is 59.5 Å². The van der Waals surface area contributed by atoms with Crippen LogP contribution in [0.3, 0.4) is 0 Å². The highest BCUT2D eigenvalue weighted by atomic mass is 32.2. The third kappa shape index (κ3) is 3.58. The Balaban J connectivity index is 1.57. The van der Waals surface area contributed by atoms with Crippen molar-refractivity contribution in [1.29, 1.82) is 0 Å². The van der Waals surface area contributed by atoms with Gasteiger partial charge in [0.15, 0.2) is 0 Å². The molecule has 26 heavy (non-hydrogen) atoms. The number of fused-ring (bicyclic) bond motifs is 1. The van der Waals surface area contributed by atoms with Gasteiger partial charge in [0.05, 0.1) is 16.3 Å². The summed E-state index contributed by atoms with van der Waals surface area (Å²) in [6.45, 7) is 2.04. The molecular formula is C21H26N2O2S. The van der Waals surface area contributed by atoms with Gasteiger partial charge in [0.2, 0.25) is 0 Å². The number of benzene rings is 2. The number of sulfonamides is 1. The predicted molar refractivity (Wildman–Crippen MR) is 106 cm³/mol. The van der Waals surface area contributed by atoms with Crippen LogP contribution in [0.2, 0.25) is 0 Å². The number of nitrogens with zero attached hydrogens (tertiary/aromatic N) is 1. The lowest BCUT2D eigenvalue weighted by molar-refractivity contribution is 0.202. The van der Waals surface area contributed by atoms with E-state index in [1.54, 1.807) is 24.3 Å². The zero-order chi connectivity index (χ0) is 18.0. The molecule has 2 aromatic rings. The van der Waals surface area contributed by atoms with Crippen LogP contribution in [0.5, 0.6) is 0 Å². The van der Waals surface area contributed by atoms with Gasteiger partial charge in [-0.1, -0.05) is 49.6 Å². The first kappa shape index (κ1) is 17.4. The first-order valence-corrected chi connectivity index (χ1v) is 11.0. The van der Waals surface area contributed by atoms with E-state index < -0.39 is 10.0 Å². The van der Waals surface area contributed by atoms with Crippen molar-refractivity contribution in [2.24, 2.45) is 11.8 Å². The van der Waals surface area contributed by atoms with E-state index in [1.807, 2.05) is 30.3 Å². The van der Waals surface area contributed by atoms with Gasteiger partial charge in [-0.3, -0.25) is 4.72 Å². The van der Waals surface area contributed by atoms with Crippen molar-refractivity contribution in [2.75, 3.05) is 22.7 Å². The quantitative estimate of drug-likeness (QED) is 0.862. The van der Waals surface area contributed by atoms with Crippen molar-refractivity contribution in [3.8, 4) is 0 Å². The van der Waals surface area contributed by atoms with Crippen LogP contribution in [0.1, 0.15) is 32.1 Å². The number of hydrogen-bond acceptors (Lipinski definition) is 3. The van der Waals surface area contributed by atoms with Crippen LogP contribution in [-0.2, 0) is 10.0 Å². The Labute approximate surface area is 156 Å². The Morgan fingerprint density at radius 3 is 2.35 bits per heavy atom. The molecule has 4 rings (SSSR count). The molecule has 4 nitrogen and oxygen atoms in total. The minimum absolute atomic E-state index is 0.292. The molecule has 2 atom stereocenters. The van der Waals surface area contributed by atoms with Crippen molar-refractivity contribution < 1.29 is 8.42 Å². The SMILES string of the molecule is O=S(=O)(Nc1ccccc1N1CC[C@H]2CCCC[C@@H]2C1)c1ccccc1. The molecule has 0 unspecified atom stereocenters. The average molecular weight is 371 g/mol. The van der Waals surface area contributed by atoms with Crippen molar-refractivity contribution in [1.82, 2.24) is 0 Å². The normalized spacial score (nSPS) is 23.3. The van der Waals surface area contributed by atoms with Gasteiger partial charge >= 0.3 is 0 Å². The zero-order valence-electron chi connectivity index (χ0n) is 15.0. The molecule has 1 N–H and O–H groups in total. The van der Waals surface area contributed by atoms with Gasteiger partial charge in [0.1, 0.15) is 0 Å². The number of piperidine rings is 1.